The molecule has 1 aliphatic heterocycles. The molecule has 0 fully saturated rings. The summed E-state index contributed by atoms with van der Waals surface area (Å²) in [6, 6.07) is 0. The molecular formula is C6H8BrNO3. The van der Waals surface area contributed by atoms with Gasteiger partial charge in [-0.05, 0) is 22.4 Å². The molecule has 5 heteroatoms. The van der Waals surface area contributed by atoms with Gasteiger partial charge in [0.1, 0.15) is 10.7 Å². The van der Waals surface area contributed by atoms with Gasteiger partial charge in [0, 0.05) is 12.8 Å². The van der Waals surface area contributed by atoms with Crippen molar-refractivity contribution in [1.29, 1.82) is 0 Å². The summed E-state index contributed by atoms with van der Waals surface area (Å²) in [5.74, 6) is -0.795. The molecular weight excluding hydrogens is 214 g/mol. The number of oxime groups is 1. The molecule has 0 aromatic heterocycles. The predicted octanol–water partition coefficient (Wildman–Crippen LogP) is 1.35. The maximum Gasteiger partial charge on any atom is 0.303 e. The largest absolute Gasteiger partial charge is 0.481 e. The van der Waals surface area contributed by atoms with E-state index >= 15 is 0 Å². The molecule has 0 aromatic rings. The molecule has 1 heterocycles. The van der Waals surface area contributed by atoms with Crippen LogP contribution in [-0.2, 0) is 9.63 Å². The van der Waals surface area contributed by atoms with Gasteiger partial charge in [-0.15, -0.1) is 0 Å². The number of rotatable bonds is 3. The Balaban J connectivity index is 2.16. The maximum absolute atomic E-state index is 10.1. The van der Waals surface area contributed by atoms with Gasteiger partial charge in [0.15, 0.2) is 0 Å². The standard InChI is InChI=1S/C6H8BrNO3/c7-5-3-4(11-8-5)1-2-6(9)10/h4H,1-3H2,(H,9,10). The molecule has 1 aliphatic rings. The Hall–Kier alpha value is -0.580. The van der Waals surface area contributed by atoms with Gasteiger partial charge in [-0.2, -0.15) is 0 Å². The zero-order valence-electron chi connectivity index (χ0n) is 5.79. The molecule has 0 bridgehead atoms. The van der Waals surface area contributed by atoms with Crippen LogP contribution >= 0.6 is 15.9 Å². The highest BCUT2D eigenvalue weighted by Gasteiger charge is 2.19. The SMILES string of the molecule is O=C(O)CCC1CC(Br)=NO1. The summed E-state index contributed by atoms with van der Waals surface area (Å²) in [7, 11) is 0. The summed E-state index contributed by atoms with van der Waals surface area (Å²) in [5, 5.41) is 12.0. The number of hydrogen-bond acceptors (Lipinski definition) is 3. The van der Waals surface area contributed by atoms with Crippen LogP contribution in [0.15, 0.2) is 5.16 Å². The molecule has 0 aliphatic carbocycles. The van der Waals surface area contributed by atoms with Gasteiger partial charge >= 0.3 is 5.97 Å². The first-order valence-corrected chi connectivity index (χ1v) is 4.08. The van der Waals surface area contributed by atoms with Gasteiger partial charge in [-0.3, -0.25) is 4.79 Å². The highest BCUT2D eigenvalue weighted by atomic mass is 79.9. The highest BCUT2D eigenvalue weighted by Crippen LogP contribution is 2.17. The highest BCUT2D eigenvalue weighted by molar-refractivity contribution is 9.18. The quantitative estimate of drug-likeness (QED) is 0.783. The van der Waals surface area contributed by atoms with Crippen molar-refractivity contribution < 1.29 is 14.7 Å². The number of aliphatic carboxylic acids is 1. The second-order valence-corrected chi connectivity index (χ2v) is 3.25. The molecule has 1 unspecified atom stereocenters. The molecule has 1 rings (SSSR count). The lowest BCUT2D eigenvalue weighted by molar-refractivity contribution is -0.137. The number of carbonyl (C=O) groups is 1. The van der Waals surface area contributed by atoms with Crippen molar-refractivity contribution in [3.63, 3.8) is 0 Å². The minimum atomic E-state index is -0.795. The fourth-order valence-corrected chi connectivity index (χ4v) is 1.28. The first-order valence-electron chi connectivity index (χ1n) is 3.28. The minimum Gasteiger partial charge on any atom is -0.481 e. The molecule has 1 atom stereocenters. The summed E-state index contributed by atoms with van der Waals surface area (Å²) in [6.07, 6.45) is 1.29. The summed E-state index contributed by atoms with van der Waals surface area (Å²) in [6.45, 7) is 0. The topological polar surface area (TPSA) is 58.9 Å². The lowest BCUT2D eigenvalue weighted by atomic mass is 10.1. The van der Waals surface area contributed by atoms with E-state index in [9.17, 15) is 4.79 Å². The molecule has 4 nitrogen and oxygen atoms in total. The fourth-order valence-electron chi connectivity index (χ4n) is 0.833. The molecule has 0 saturated heterocycles. The molecule has 62 valence electrons. The average Bonchev–Trinajstić information content (AvgIpc) is 2.31. The number of carboxylic acid groups (broad SMARTS) is 1. The van der Waals surface area contributed by atoms with E-state index in [-0.39, 0.29) is 12.5 Å². The second-order valence-electron chi connectivity index (χ2n) is 2.33. The molecule has 0 aromatic carbocycles. The number of hydrogen-bond donors (Lipinski definition) is 1. The van der Waals surface area contributed by atoms with Crippen LogP contribution in [0.1, 0.15) is 19.3 Å². The third kappa shape index (κ3) is 2.88. The summed E-state index contributed by atoms with van der Waals surface area (Å²) >= 11 is 3.16. The van der Waals surface area contributed by atoms with Gasteiger partial charge in [0.2, 0.25) is 0 Å². The molecule has 0 amide bonds. The third-order valence-electron chi connectivity index (χ3n) is 1.38. The van der Waals surface area contributed by atoms with E-state index in [1.807, 2.05) is 0 Å². The van der Waals surface area contributed by atoms with Crippen molar-refractivity contribution in [2.24, 2.45) is 5.16 Å². The maximum atomic E-state index is 10.1. The van der Waals surface area contributed by atoms with Gasteiger partial charge in [-0.1, -0.05) is 5.16 Å². The second kappa shape index (κ2) is 3.71. The number of halogens is 1. The zero-order chi connectivity index (χ0) is 8.27. The first-order chi connectivity index (χ1) is 5.18. The lowest BCUT2D eigenvalue weighted by Gasteiger charge is -2.03. The normalized spacial score (nSPS) is 22.6. The van der Waals surface area contributed by atoms with E-state index in [1.54, 1.807) is 0 Å². The number of carboxylic acids is 1. The molecule has 1 N–H and O–H groups in total. The van der Waals surface area contributed by atoms with Gasteiger partial charge < -0.3 is 9.94 Å². The van der Waals surface area contributed by atoms with Crippen LogP contribution in [0.3, 0.4) is 0 Å². The van der Waals surface area contributed by atoms with E-state index in [4.69, 9.17) is 9.94 Å². The van der Waals surface area contributed by atoms with E-state index in [1.165, 1.54) is 0 Å². The summed E-state index contributed by atoms with van der Waals surface area (Å²) < 4.78 is 0.757. The van der Waals surface area contributed by atoms with Crippen LogP contribution in [0.2, 0.25) is 0 Å². The molecule has 0 saturated carbocycles. The van der Waals surface area contributed by atoms with Crippen LogP contribution in [0.25, 0.3) is 0 Å². The van der Waals surface area contributed by atoms with Crippen molar-refractivity contribution in [2.75, 3.05) is 0 Å². The van der Waals surface area contributed by atoms with Crippen LogP contribution < -0.4 is 0 Å². The monoisotopic (exact) mass is 221 g/mol. The Kier molecular flexibility index (Phi) is 2.87. The number of nitrogens with zero attached hydrogens (tertiary/aromatic N) is 1. The van der Waals surface area contributed by atoms with Crippen LogP contribution in [-0.4, -0.2) is 21.8 Å². The lowest BCUT2D eigenvalue weighted by Crippen LogP contribution is -2.08. The first kappa shape index (κ1) is 8.52. The Morgan fingerprint density at radius 1 is 1.91 bits per heavy atom. The van der Waals surface area contributed by atoms with Crippen molar-refractivity contribution >= 4 is 26.5 Å². The van der Waals surface area contributed by atoms with Crippen LogP contribution in [0, 0.1) is 0 Å². The fraction of sp³-hybridized carbons (Fsp3) is 0.667. The average molecular weight is 222 g/mol. The van der Waals surface area contributed by atoms with Gasteiger partial charge in [0.25, 0.3) is 0 Å². The molecule has 0 radical (unpaired) electrons. The van der Waals surface area contributed by atoms with Crippen molar-refractivity contribution in [1.82, 2.24) is 0 Å². The Morgan fingerprint density at radius 3 is 3.09 bits per heavy atom. The molecule has 11 heavy (non-hydrogen) atoms. The van der Waals surface area contributed by atoms with Crippen LogP contribution in [0.5, 0.6) is 0 Å². The van der Waals surface area contributed by atoms with Crippen molar-refractivity contribution in [3.05, 3.63) is 0 Å². The van der Waals surface area contributed by atoms with E-state index in [0.717, 1.165) is 4.62 Å². The van der Waals surface area contributed by atoms with Gasteiger partial charge in [-0.25, -0.2) is 0 Å². The third-order valence-corrected chi connectivity index (χ3v) is 1.85. The molecule has 0 spiro atoms. The minimum absolute atomic E-state index is 0.0551. The predicted molar refractivity (Wildman–Crippen MR) is 42.7 cm³/mol. The van der Waals surface area contributed by atoms with E-state index in [0.29, 0.717) is 12.8 Å². The summed E-state index contributed by atoms with van der Waals surface area (Å²) in [5.41, 5.74) is 0. The Bertz CT molecular complexity index is 192. The van der Waals surface area contributed by atoms with Crippen LogP contribution in [0.4, 0.5) is 0 Å². The Labute approximate surface area is 72.3 Å². The Morgan fingerprint density at radius 2 is 2.64 bits per heavy atom. The smallest absolute Gasteiger partial charge is 0.303 e. The van der Waals surface area contributed by atoms with E-state index < -0.39 is 5.97 Å². The van der Waals surface area contributed by atoms with Crippen molar-refractivity contribution in [2.45, 2.75) is 25.4 Å². The van der Waals surface area contributed by atoms with Crippen molar-refractivity contribution in [3.8, 4) is 0 Å². The zero-order valence-corrected chi connectivity index (χ0v) is 7.37. The van der Waals surface area contributed by atoms with E-state index in [2.05, 4.69) is 21.1 Å². The van der Waals surface area contributed by atoms with Gasteiger partial charge in [0.05, 0.1) is 0 Å². The summed E-state index contributed by atoms with van der Waals surface area (Å²) in [4.78, 5) is 15.0.